The molecular formula is C65H107N9O14P2S2. The molecule has 0 saturated carbocycles. The van der Waals surface area contributed by atoms with Crippen molar-refractivity contribution in [1.82, 2.24) is 15.3 Å². The number of nitrogens with one attached hydrogen (secondary N) is 1. The van der Waals surface area contributed by atoms with Gasteiger partial charge in [-0.1, -0.05) is 151 Å². The van der Waals surface area contributed by atoms with Crippen molar-refractivity contribution in [2.45, 2.75) is 136 Å². The average molecular weight is 1360 g/mol. The van der Waals surface area contributed by atoms with Gasteiger partial charge in [-0.3, -0.25) is 4.79 Å². The van der Waals surface area contributed by atoms with Gasteiger partial charge in [0.05, 0.1) is 35.7 Å². The van der Waals surface area contributed by atoms with Crippen molar-refractivity contribution in [1.29, 1.82) is 0 Å². The van der Waals surface area contributed by atoms with Crippen molar-refractivity contribution >= 4 is 77.7 Å². The van der Waals surface area contributed by atoms with Crippen LogP contribution in [0.5, 0.6) is 11.5 Å². The highest BCUT2D eigenvalue weighted by Crippen LogP contribution is 2.39. The van der Waals surface area contributed by atoms with E-state index in [-0.39, 0.29) is 29.1 Å². The first-order valence-corrected chi connectivity index (χ1v) is 36.4. The molecule has 1 aromatic heterocycles. The van der Waals surface area contributed by atoms with Gasteiger partial charge >= 0.3 is 13.4 Å². The number of nitrogens with zero attached hydrogens (tertiary/aromatic N) is 3. The van der Waals surface area contributed by atoms with E-state index in [0.29, 0.717) is 61.7 Å². The molecule has 0 atom stereocenters. The number of carbonyl (C=O) groups is 2. The number of para-hydroxylation sites is 1. The van der Waals surface area contributed by atoms with Crippen LogP contribution in [0.15, 0.2) is 118 Å². The lowest BCUT2D eigenvalue weighted by Gasteiger charge is -2.32. The Labute approximate surface area is 555 Å². The molecule has 0 fully saturated rings. The summed E-state index contributed by atoms with van der Waals surface area (Å²) in [6.07, 6.45) is 20.5. The lowest BCUT2D eigenvalue weighted by Crippen LogP contribution is -2.34. The third-order valence-electron chi connectivity index (χ3n) is 13.3. The number of aromatic hydroxyl groups is 1. The molecule has 1 aliphatic rings. The molecule has 6 rings (SSSR count). The third-order valence-corrected chi connectivity index (χ3v) is 15.0. The number of rotatable bonds is 35. The topological polar surface area (TPSA) is 386 Å². The van der Waals surface area contributed by atoms with E-state index in [2.05, 4.69) is 80.3 Å². The lowest BCUT2D eigenvalue weighted by atomic mass is 9.96. The highest BCUT2D eigenvalue weighted by Gasteiger charge is 2.24. The van der Waals surface area contributed by atoms with Gasteiger partial charge in [0.1, 0.15) is 24.9 Å². The molecular weight excluding hydrogens is 1260 g/mol. The molecule has 27 heteroatoms. The number of phenols is 1. The summed E-state index contributed by atoms with van der Waals surface area (Å²) in [5, 5.41) is 31.3. The molecule has 0 saturated heterocycles. The molecule has 0 radical (unpaired) electrons. The van der Waals surface area contributed by atoms with E-state index >= 15 is 0 Å². The number of anilines is 1. The Morgan fingerprint density at radius 1 is 0.696 bits per heavy atom. The Morgan fingerprint density at radius 3 is 1.75 bits per heavy atom. The third kappa shape index (κ3) is 37.3. The SMILES string of the molecule is CC.CN1Cc2ccccc2/C(N(N)CCCCCCCCCCN(N)/C=C(\N)COc2c(O)ccc3c(=O)cc(-c4ccccc4)oc23)=C(/N)c2ccccc21.CNCCCCCCOP(O)(O)=S.CO.CO.NCCCCCCOP(O)(O)=S.O=CCCC=O. The molecule has 518 valence electrons. The summed E-state index contributed by atoms with van der Waals surface area (Å²) in [6.45, 7) is 1.69. The fourth-order valence-electron chi connectivity index (χ4n) is 8.99. The number of hydrogen-bond donors (Lipinski definition) is 13. The molecule has 0 unspecified atom stereocenters. The zero-order valence-electron chi connectivity index (χ0n) is 54.8. The highest BCUT2D eigenvalue weighted by molar-refractivity contribution is 8.07. The number of carbonyl (C=O) groups excluding carboxylic acids is 2. The molecule has 1 aliphatic heterocycles. The van der Waals surface area contributed by atoms with Crippen LogP contribution in [-0.4, -0.2) is 132 Å². The van der Waals surface area contributed by atoms with E-state index in [1.807, 2.05) is 74.4 Å². The molecule has 0 amide bonds. The van der Waals surface area contributed by atoms with Crippen molar-refractivity contribution in [3.05, 3.63) is 136 Å². The molecule has 23 nitrogen and oxygen atoms in total. The normalized spacial score (nSPS) is 12.4. The largest absolute Gasteiger partial charge is 0.504 e. The van der Waals surface area contributed by atoms with Crippen LogP contribution in [0, 0.1) is 0 Å². The van der Waals surface area contributed by atoms with Crippen LogP contribution in [0.3, 0.4) is 0 Å². The Balaban J connectivity index is 0.00000182. The van der Waals surface area contributed by atoms with Crippen LogP contribution in [0.4, 0.5) is 5.69 Å². The summed E-state index contributed by atoms with van der Waals surface area (Å²) in [6, 6.07) is 30.3. The number of hydrogen-bond acceptors (Lipinski definition) is 21. The summed E-state index contributed by atoms with van der Waals surface area (Å²) in [4.78, 5) is 68.6. The van der Waals surface area contributed by atoms with Gasteiger partial charge < -0.3 is 100 Å². The van der Waals surface area contributed by atoms with Gasteiger partial charge in [0.15, 0.2) is 16.8 Å². The number of fused-ring (bicyclic) bond motifs is 3. The van der Waals surface area contributed by atoms with Gasteiger partial charge in [0.25, 0.3) is 0 Å². The molecule has 92 heavy (non-hydrogen) atoms. The second kappa shape index (κ2) is 52.7. The number of ether oxygens (including phenoxy) is 1. The fraction of sp³-hybridized carbons (Fsp3) is 0.492. The van der Waals surface area contributed by atoms with Crippen molar-refractivity contribution < 1.29 is 62.7 Å². The number of unbranched alkanes of at least 4 members (excludes halogenated alkanes) is 14. The van der Waals surface area contributed by atoms with E-state index < -0.39 is 13.4 Å². The van der Waals surface area contributed by atoms with Gasteiger partial charge in [0.2, 0.25) is 5.75 Å². The minimum absolute atomic E-state index is 0.0502. The van der Waals surface area contributed by atoms with Gasteiger partial charge in [-0.25, -0.2) is 11.7 Å². The van der Waals surface area contributed by atoms with Gasteiger partial charge in [-0.05, 0) is 106 Å². The quantitative estimate of drug-likeness (QED) is 0.00590. The first-order valence-electron chi connectivity index (χ1n) is 31.1. The number of aldehydes is 2. The van der Waals surface area contributed by atoms with Crippen LogP contribution in [0.1, 0.15) is 146 Å². The molecule has 18 N–H and O–H groups in total. The predicted octanol–water partition coefficient (Wildman–Crippen LogP) is 9.38. The molecule has 5 aromatic rings. The monoisotopic (exact) mass is 1360 g/mol. The zero-order chi connectivity index (χ0) is 69.2. The van der Waals surface area contributed by atoms with E-state index in [1.165, 1.54) is 30.2 Å². The smallest absolute Gasteiger partial charge is 0.321 e. The van der Waals surface area contributed by atoms with E-state index in [0.717, 1.165) is 171 Å². The van der Waals surface area contributed by atoms with Crippen LogP contribution in [0.25, 0.3) is 33.7 Å². The van der Waals surface area contributed by atoms with Gasteiger partial charge in [0, 0.05) is 88.4 Å². The average Bonchev–Trinajstić information content (AvgIpc) is 0.796. The maximum Gasteiger partial charge on any atom is 0.321 e. The maximum atomic E-state index is 12.8. The fourth-order valence-corrected chi connectivity index (χ4v) is 10.2. The Hall–Kier alpha value is -5.67. The van der Waals surface area contributed by atoms with Gasteiger partial charge in [-0.15, -0.1) is 0 Å². The number of aliphatic hydroxyl groups is 2. The zero-order valence-corrected chi connectivity index (χ0v) is 58.2. The Bertz CT molecular complexity index is 2990. The molecule has 0 aliphatic carbocycles. The number of aliphatic hydroxyl groups excluding tert-OH is 2. The first kappa shape index (κ1) is 86.3. The maximum absolute atomic E-state index is 12.8. The molecule has 4 aromatic carbocycles. The summed E-state index contributed by atoms with van der Waals surface area (Å²) in [5.41, 5.74) is 25.4. The van der Waals surface area contributed by atoms with E-state index in [4.69, 9.17) is 67.8 Å². The standard InChI is InChI=1S/C44H53N7O4.C7H18NO3PS.C6H16NO3PS.C4H6O2.C2H6.2CH4O/c1-49-28-32-19-11-12-20-34(32)42(41(46)35-21-13-14-22-37(35)49)51(48)26-16-7-5-3-2-4-6-15-25-50(47)29-33(45)30-54-44-38(52)24-23-36-39(53)27-40(55-43(36)44)31-17-9-8-10-18-31;1-8-6-4-2-3-5-7-11-12(9,10)13;7-5-3-1-2-4-6-10-11(8,9)12;5-3-1-2-4-6;3*1-2/h8-14,17-24,27,29,52H,2-7,15-16,25-26,28,30,45-48H2,1H3;8H,2-7H2,1H3,(H2,9,10,13);1-7H2,(H2,8,9,12);3-4H,1-2H2;1-2H3;2*2H,1H3/b33-29-,42-41-;;;;;;. The highest BCUT2D eigenvalue weighted by atomic mass is 32.5. The minimum Gasteiger partial charge on any atom is -0.504 e. The summed E-state index contributed by atoms with van der Waals surface area (Å²) in [7, 11) is 6.03. The number of nitrogens with two attached hydrogens (primary N) is 5. The van der Waals surface area contributed by atoms with Crippen molar-refractivity contribution in [2.24, 2.45) is 28.9 Å². The number of hydrazine groups is 2. The second-order valence-electron chi connectivity index (χ2n) is 20.5. The Morgan fingerprint density at radius 2 is 1.20 bits per heavy atom. The second-order valence-corrected chi connectivity index (χ2v) is 25.8. The molecule has 0 bridgehead atoms. The van der Waals surface area contributed by atoms with Crippen LogP contribution in [0.2, 0.25) is 0 Å². The minimum atomic E-state index is -3.41. The van der Waals surface area contributed by atoms with E-state index in [9.17, 15) is 19.5 Å². The van der Waals surface area contributed by atoms with Crippen LogP contribution < -0.4 is 49.3 Å². The number of benzene rings is 4. The lowest BCUT2D eigenvalue weighted by molar-refractivity contribution is -0.112. The Kier molecular flexibility index (Phi) is 49.4. The first-order chi connectivity index (χ1) is 44.2. The summed E-state index contributed by atoms with van der Waals surface area (Å²) >= 11 is 8.56. The van der Waals surface area contributed by atoms with E-state index in [1.54, 1.807) is 11.2 Å². The van der Waals surface area contributed by atoms with Crippen LogP contribution in [-0.2, 0) is 48.8 Å². The molecule has 2 heterocycles. The van der Waals surface area contributed by atoms with Crippen LogP contribution >= 0.6 is 13.4 Å². The van der Waals surface area contributed by atoms with Gasteiger partial charge in [-0.2, -0.15) is 0 Å². The number of phenolic OH excluding ortho intramolecular Hbond substituents is 1. The molecule has 0 spiro atoms. The van der Waals surface area contributed by atoms with Crippen molar-refractivity contribution in [2.75, 3.05) is 79.2 Å². The summed E-state index contributed by atoms with van der Waals surface area (Å²) < 4.78 is 21.2. The van der Waals surface area contributed by atoms with Crippen molar-refractivity contribution in [3.8, 4) is 22.8 Å². The predicted molar refractivity (Wildman–Crippen MR) is 380 cm³/mol. The summed E-state index contributed by atoms with van der Waals surface area (Å²) in [5.74, 6) is 13.2. The van der Waals surface area contributed by atoms with Crippen molar-refractivity contribution in [3.63, 3.8) is 0 Å².